The Labute approximate surface area is 77.9 Å². The lowest BCUT2D eigenvalue weighted by Crippen LogP contribution is -2.61. The molecule has 2 heterocycles. The highest BCUT2D eigenvalue weighted by Gasteiger charge is 2.42. The second kappa shape index (κ2) is 2.96. The second-order valence-corrected chi connectivity index (χ2v) is 4.23. The molecule has 0 spiro atoms. The van der Waals surface area contributed by atoms with Gasteiger partial charge in [-0.1, -0.05) is 0 Å². The number of carbonyl (C=O) groups is 1. The van der Waals surface area contributed by atoms with E-state index in [0.717, 1.165) is 19.4 Å². The van der Waals surface area contributed by atoms with E-state index >= 15 is 0 Å². The van der Waals surface area contributed by atoms with E-state index < -0.39 is 0 Å². The van der Waals surface area contributed by atoms with E-state index in [-0.39, 0.29) is 17.6 Å². The highest BCUT2D eigenvalue weighted by molar-refractivity contribution is 5.87. The molecule has 2 N–H and O–H groups in total. The monoisotopic (exact) mass is 184 g/mol. The third-order valence-electron chi connectivity index (χ3n) is 2.99. The number of hydrogen-bond acceptors (Lipinski definition) is 3. The summed E-state index contributed by atoms with van der Waals surface area (Å²) >= 11 is 0. The summed E-state index contributed by atoms with van der Waals surface area (Å²) in [5.74, 6) is 0.148. The fourth-order valence-electron chi connectivity index (χ4n) is 2.05. The molecular weight excluding hydrogens is 168 g/mol. The molecule has 74 valence electrons. The van der Waals surface area contributed by atoms with Crippen molar-refractivity contribution in [3.63, 3.8) is 0 Å². The first kappa shape index (κ1) is 8.97. The molecule has 0 bridgehead atoms. The Kier molecular flexibility index (Phi) is 2.04. The lowest BCUT2D eigenvalue weighted by Gasteiger charge is -2.40. The van der Waals surface area contributed by atoms with Crippen molar-refractivity contribution >= 4 is 5.91 Å². The number of carbonyl (C=O) groups excluding carboxylic acids is 1. The van der Waals surface area contributed by atoms with Gasteiger partial charge in [0.2, 0.25) is 5.91 Å². The predicted molar refractivity (Wildman–Crippen MR) is 48.2 cm³/mol. The van der Waals surface area contributed by atoms with Crippen molar-refractivity contribution in [3.05, 3.63) is 0 Å². The van der Waals surface area contributed by atoms with Crippen molar-refractivity contribution in [2.45, 2.75) is 31.4 Å². The highest BCUT2D eigenvalue weighted by Crippen LogP contribution is 2.23. The molecule has 0 aromatic heterocycles. The number of hydrogen-bond donors (Lipinski definition) is 2. The first-order valence-electron chi connectivity index (χ1n) is 4.84. The van der Waals surface area contributed by atoms with Gasteiger partial charge in [0.25, 0.3) is 0 Å². The number of likely N-dealkylation sites (tertiary alicyclic amines) is 1. The van der Waals surface area contributed by atoms with E-state index in [2.05, 4.69) is 5.32 Å². The normalized spacial score (nSPS) is 34.8. The number of nitrogens with one attached hydrogen (secondary N) is 1. The molecule has 1 unspecified atom stereocenters. The fraction of sp³-hybridized carbons (Fsp3) is 0.889. The molecule has 2 aliphatic heterocycles. The molecule has 2 saturated heterocycles. The Balaban J connectivity index is 1.96. The minimum atomic E-state index is -0.361. The molecular formula is C9H16N2O2. The minimum Gasteiger partial charge on any atom is -0.389 e. The van der Waals surface area contributed by atoms with Gasteiger partial charge in [0, 0.05) is 13.1 Å². The van der Waals surface area contributed by atoms with Gasteiger partial charge in [0.05, 0.1) is 11.6 Å². The smallest absolute Gasteiger partial charge is 0.242 e. The number of rotatable bonds is 1. The molecule has 1 atom stereocenters. The lowest BCUT2D eigenvalue weighted by atomic mass is 9.96. The van der Waals surface area contributed by atoms with Crippen molar-refractivity contribution in [1.29, 1.82) is 0 Å². The van der Waals surface area contributed by atoms with Gasteiger partial charge < -0.3 is 15.3 Å². The van der Waals surface area contributed by atoms with Gasteiger partial charge in [-0.2, -0.15) is 0 Å². The molecule has 4 heteroatoms. The molecule has 2 aliphatic rings. The molecule has 0 saturated carbocycles. The van der Waals surface area contributed by atoms with Crippen molar-refractivity contribution in [1.82, 2.24) is 10.2 Å². The van der Waals surface area contributed by atoms with Gasteiger partial charge in [0.1, 0.15) is 0 Å². The van der Waals surface area contributed by atoms with Crippen LogP contribution in [0.15, 0.2) is 0 Å². The minimum absolute atomic E-state index is 0.148. The summed E-state index contributed by atoms with van der Waals surface area (Å²) in [6, 6.07) is 0. The van der Waals surface area contributed by atoms with Gasteiger partial charge in [-0.3, -0.25) is 4.79 Å². The first-order chi connectivity index (χ1) is 6.12. The molecule has 4 nitrogen and oxygen atoms in total. The SMILES string of the molecule is CC1(C(=O)N2CC(O)C2)CCCN1. The Morgan fingerprint density at radius 2 is 2.31 bits per heavy atom. The molecule has 0 aliphatic carbocycles. The average Bonchev–Trinajstić information content (AvgIpc) is 2.46. The molecule has 1 amide bonds. The quantitative estimate of drug-likeness (QED) is 0.568. The van der Waals surface area contributed by atoms with E-state index in [1.165, 1.54) is 0 Å². The standard InChI is InChI=1S/C9H16N2O2/c1-9(3-2-4-10-9)8(13)11-5-7(12)6-11/h7,10,12H,2-6H2,1H3. The van der Waals surface area contributed by atoms with Crippen LogP contribution in [0.5, 0.6) is 0 Å². The van der Waals surface area contributed by atoms with Crippen LogP contribution in [0.3, 0.4) is 0 Å². The fourth-order valence-corrected chi connectivity index (χ4v) is 2.05. The van der Waals surface area contributed by atoms with Crippen molar-refractivity contribution in [3.8, 4) is 0 Å². The summed E-state index contributed by atoms with van der Waals surface area (Å²) in [5.41, 5.74) is -0.361. The van der Waals surface area contributed by atoms with Gasteiger partial charge in [-0.25, -0.2) is 0 Å². The first-order valence-corrected chi connectivity index (χ1v) is 4.84. The maximum Gasteiger partial charge on any atom is 0.242 e. The Morgan fingerprint density at radius 3 is 2.77 bits per heavy atom. The van der Waals surface area contributed by atoms with Crippen molar-refractivity contribution in [2.75, 3.05) is 19.6 Å². The van der Waals surface area contributed by atoms with Gasteiger partial charge in [-0.15, -0.1) is 0 Å². The van der Waals surface area contributed by atoms with Crippen molar-refractivity contribution in [2.24, 2.45) is 0 Å². The third-order valence-corrected chi connectivity index (χ3v) is 2.99. The van der Waals surface area contributed by atoms with Crippen LogP contribution in [-0.2, 0) is 4.79 Å². The molecule has 0 aromatic carbocycles. The maximum absolute atomic E-state index is 11.8. The van der Waals surface area contributed by atoms with Crippen LogP contribution in [-0.4, -0.2) is 47.2 Å². The van der Waals surface area contributed by atoms with E-state index in [0.29, 0.717) is 13.1 Å². The van der Waals surface area contributed by atoms with Crippen LogP contribution in [0.2, 0.25) is 0 Å². The van der Waals surface area contributed by atoms with Crippen LogP contribution in [0.4, 0.5) is 0 Å². The summed E-state index contributed by atoms with van der Waals surface area (Å²) in [4.78, 5) is 13.6. The molecule has 13 heavy (non-hydrogen) atoms. The summed E-state index contributed by atoms with van der Waals surface area (Å²) in [7, 11) is 0. The lowest BCUT2D eigenvalue weighted by molar-refractivity contribution is -0.147. The number of aliphatic hydroxyl groups excluding tert-OH is 1. The second-order valence-electron chi connectivity index (χ2n) is 4.23. The predicted octanol–water partition coefficient (Wildman–Crippen LogP) is -0.668. The van der Waals surface area contributed by atoms with Gasteiger partial charge in [0.15, 0.2) is 0 Å². The third kappa shape index (κ3) is 1.44. The van der Waals surface area contributed by atoms with E-state index in [9.17, 15) is 4.79 Å². The van der Waals surface area contributed by atoms with Crippen LogP contribution in [0.25, 0.3) is 0 Å². The Hall–Kier alpha value is -0.610. The summed E-state index contributed by atoms with van der Waals surface area (Å²) in [6.07, 6.45) is 1.69. The Bertz CT molecular complexity index is 218. The zero-order valence-electron chi connectivity index (χ0n) is 7.92. The molecule has 0 radical (unpaired) electrons. The summed E-state index contributed by atoms with van der Waals surface area (Å²) in [6.45, 7) is 3.90. The van der Waals surface area contributed by atoms with Gasteiger partial charge >= 0.3 is 0 Å². The Morgan fingerprint density at radius 1 is 1.62 bits per heavy atom. The zero-order chi connectivity index (χ0) is 9.47. The van der Waals surface area contributed by atoms with Crippen LogP contribution < -0.4 is 5.32 Å². The van der Waals surface area contributed by atoms with Crippen LogP contribution >= 0.6 is 0 Å². The van der Waals surface area contributed by atoms with Crippen LogP contribution in [0.1, 0.15) is 19.8 Å². The largest absolute Gasteiger partial charge is 0.389 e. The van der Waals surface area contributed by atoms with E-state index in [4.69, 9.17) is 5.11 Å². The van der Waals surface area contributed by atoms with Crippen LogP contribution in [0, 0.1) is 0 Å². The highest BCUT2D eigenvalue weighted by atomic mass is 16.3. The molecule has 2 rings (SSSR count). The summed E-state index contributed by atoms with van der Waals surface area (Å²) < 4.78 is 0. The van der Waals surface area contributed by atoms with Gasteiger partial charge in [-0.05, 0) is 26.3 Å². The zero-order valence-corrected chi connectivity index (χ0v) is 7.92. The van der Waals surface area contributed by atoms with E-state index in [1.807, 2.05) is 6.92 Å². The van der Waals surface area contributed by atoms with E-state index in [1.54, 1.807) is 4.90 Å². The number of aliphatic hydroxyl groups is 1. The molecule has 0 aromatic rings. The molecule has 2 fully saturated rings. The average molecular weight is 184 g/mol. The topological polar surface area (TPSA) is 52.6 Å². The maximum atomic E-state index is 11.8. The number of amides is 1. The number of β-amino-alcohol motifs (C(OH)–C–C–N with tert-alkyl or cyclic N) is 1. The van der Waals surface area contributed by atoms with Crippen molar-refractivity contribution < 1.29 is 9.90 Å². The number of nitrogens with zero attached hydrogens (tertiary/aromatic N) is 1. The summed E-state index contributed by atoms with van der Waals surface area (Å²) in [5, 5.41) is 12.3.